The second-order valence-electron chi connectivity index (χ2n) is 7.18. The summed E-state index contributed by atoms with van der Waals surface area (Å²) in [5.74, 6) is 0. The minimum atomic E-state index is 0.326. The van der Waals surface area contributed by atoms with E-state index >= 15 is 0 Å². The lowest BCUT2D eigenvalue weighted by atomic mass is 9.91. The van der Waals surface area contributed by atoms with Gasteiger partial charge in [-0.05, 0) is 59.7 Å². The molecule has 4 heteroatoms. The van der Waals surface area contributed by atoms with Gasteiger partial charge in [0.05, 0.1) is 11.7 Å². The third-order valence-corrected chi connectivity index (χ3v) is 5.34. The van der Waals surface area contributed by atoms with E-state index in [0.29, 0.717) is 12.6 Å². The van der Waals surface area contributed by atoms with E-state index in [1.54, 1.807) is 0 Å². The van der Waals surface area contributed by atoms with E-state index in [2.05, 4.69) is 45.6 Å². The quantitative estimate of drug-likeness (QED) is 0.705. The third-order valence-electron chi connectivity index (χ3n) is 5.34. The first kappa shape index (κ1) is 17.8. The van der Waals surface area contributed by atoms with E-state index in [-0.39, 0.29) is 0 Å². The van der Waals surface area contributed by atoms with Crippen LogP contribution < -0.4 is 11.1 Å². The number of pyridine rings is 2. The molecule has 138 valence electrons. The fourth-order valence-electron chi connectivity index (χ4n) is 3.88. The molecule has 1 aliphatic rings. The fraction of sp³-hybridized carbons (Fsp3) is 0.304. The number of rotatable bonds is 6. The molecular weight excluding hydrogens is 332 g/mol. The van der Waals surface area contributed by atoms with Gasteiger partial charge in [0.15, 0.2) is 0 Å². The van der Waals surface area contributed by atoms with Crippen molar-refractivity contribution in [2.45, 2.75) is 44.8 Å². The Balaban J connectivity index is 1.54. The summed E-state index contributed by atoms with van der Waals surface area (Å²) in [6.45, 7) is 1.39. The van der Waals surface area contributed by atoms with E-state index < -0.39 is 0 Å². The van der Waals surface area contributed by atoms with Crippen LogP contribution in [-0.4, -0.2) is 9.97 Å². The van der Waals surface area contributed by atoms with E-state index in [0.717, 1.165) is 37.1 Å². The molecule has 0 bridgehead atoms. The van der Waals surface area contributed by atoms with E-state index in [4.69, 9.17) is 5.73 Å². The Labute approximate surface area is 160 Å². The summed E-state index contributed by atoms with van der Waals surface area (Å²) in [5.41, 5.74) is 13.3. The van der Waals surface area contributed by atoms with Crippen LogP contribution >= 0.6 is 0 Å². The van der Waals surface area contributed by atoms with Crippen LogP contribution in [0.15, 0.2) is 60.9 Å². The molecule has 1 aromatic carbocycles. The van der Waals surface area contributed by atoms with Crippen LogP contribution in [0.1, 0.15) is 52.5 Å². The van der Waals surface area contributed by atoms with Crippen molar-refractivity contribution >= 4 is 0 Å². The van der Waals surface area contributed by atoms with Crippen LogP contribution in [-0.2, 0) is 25.9 Å². The van der Waals surface area contributed by atoms with E-state index in [1.807, 2.05) is 30.6 Å². The highest BCUT2D eigenvalue weighted by molar-refractivity contribution is 5.35. The van der Waals surface area contributed by atoms with Gasteiger partial charge in [0.25, 0.3) is 0 Å². The Hall–Kier alpha value is -2.56. The Morgan fingerprint density at radius 3 is 2.78 bits per heavy atom. The Morgan fingerprint density at radius 2 is 1.93 bits per heavy atom. The Kier molecular flexibility index (Phi) is 5.56. The summed E-state index contributed by atoms with van der Waals surface area (Å²) >= 11 is 0. The summed E-state index contributed by atoms with van der Waals surface area (Å²) < 4.78 is 0. The highest BCUT2D eigenvalue weighted by Crippen LogP contribution is 2.28. The van der Waals surface area contributed by atoms with Crippen LogP contribution in [0, 0.1) is 0 Å². The molecule has 1 aliphatic carbocycles. The maximum Gasteiger partial charge on any atom is 0.0605 e. The Morgan fingerprint density at radius 1 is 1.00 bits per heavy atom. The van der Waals surface area contributed by atoms with E-state index in [1.165, 1.54) is 28.8 Å². The normalized spacial score (nSPS) is 16.1. The van der Waals surface area contributed by atoms with Crippen molar-refractivity contribution in [3.8, 4) is 0 Å². The van der Waals surface area contributed by atoms with Crippen molar-refractivity contribution in [1.29, 1.82) is 0 Å². The molecule has 3 aromatic rings. The summed E-state index contributed by atoms with van der Waals surface area (Å²) in [4.78, 5) is 9.13. The van der Waals surface area contributed by atoms with Crippen molar-refractivity contribution in [3.05, 3.63) is 94.6 Å². The van der Waals surface area contributed by atoms with Gasteiger partial charge in [-0.2, -0.15) is 0 Å². The zero-order valence-corrected chi connectivity index (χ0v) is 15.6. The van der Waals surface area contributed by atoms with Crippen LogP contribution in [0.5, 0.6) is 0 Å². The molecule has 27 heavy (non-hydrogen) atoms. The van der Waals surface area contributed by atoms with Gasteiger partial charge in [0.2, 0.25) is 0 Å². The largest absolute Gasteiger partial charge is 0.326 e. The van der Waals surface area contributed by atoms with Crippen LogP contribution in [0.4, 0.5) is 0 Å². The van der Waals surface area contributed by atoms with Crippen molar-refractivity contribution in [3.63, 3.8) is 0 Å². The highest BCUT2D eigenvalue weighted by Gasteiger charge is 2.21. The minimum Gasteiger partial charge on any atom is -0.326 e. The number of nitrogens with zero attached hydrogens (tertiary/aromatic N) is 2. The van der Waals surface area contributed by atoms with Gasteiger partial charge in [0.1, 0.15) is 0 Å². The maximum absolute atomic E-state index is 5.87. The molecule has 3 N–H and O–H groups in total. The van der Waals surface area contributed by atoms with Crippen molar-refractivity contribution in [2.24, 2.45) is 5.73 Å². The molecule has 4 rings (SSSR count). The molecule has 4 nitrogen and oxygen atoms in total. The zero-order valence-electron chi connectivity index (χ0n) is 15.6. The van der Waals surface area contributed by atoms with Gasteiger partial charge in [-0.25, -0.2) is 0 Å². The molecule has 2 aromatic heterocycles. The second-order valence-corrected chi connectivity index (χ2v) is 7.18. The van der Waals surface area contributed by atoms with Gasteiger partial charge in [-0.1, -0.05) is 30.3 Å². The third kappa shape index (κ3) is 4.24. The first-order chi connectivity index (χ1) is 13.3. The smallest absolute Gasteiger partial charge is 0.0605 e. The molecular formula is C23H26N4. The molecule has 0 spiro atoms. The maximum atomic E-state index is 5.87. The summed E-state index contributed by atoms with van der Waals surface area (Å²) in [6, 6.07) is 17.2. The molecule has 0 amide bonds. The first-order valence-corrected chi connectivity index (χ1v) is 9.71. The molecule has 0 saturated heterocycles. The number of aryl methyl sites for hydroxylation is 1. The monoisotopic (exact) mass is 358 g/mol. The van der Waals surface area contributed by atoms with Crippen molar-refractivity contribution in [1.82, 2.24) is 15.3 Å². The lowest BCUT2D eigenvalue weighted by molar-refractivity contribution is 0.447. The van der Waals surface area contributed by atoms with Crippen LogP contribution in [0.2, 0.25) is 0 Å². The molecule has 1 unspecified atom stereocenters. The number of fused-ring (bicyclic) bond motifs is 1. The van der Waals surface area contributed by atoms with E-state index in [9.17, 15) is 0 Å². The second kappa shape index (κ2) is 8.42. The van der Waals surface area contributed by atoms with Gasteiger partial charge in [-0.15, -0.1) is 0 Å². The van der Waals surface area contributed by atoms with Gasteiger partial charge >= 0.3 is 0 Å². The average Bonchev–Trinajstić information content (AvgIpc) is 2.73. The average molecular weight is 358 g/mol. The predicted molar refractivity (Wildman–Crippen MR) is 108 cm³/mol. The van der Waals surface area contributed by atoms with Gasteiger partial charge in [-0.3, -0.25) is 9.97 Å². The summed E-state index contributed by atoms with van der Waals surface area (Å²) in [6.07, 6.45) is 8.07. The molecule has 2 heterocycles. The number of nitrogens with one attached hydrogen (secondary N) is 1. The van der Waals surface area contributed by atoms with Crippen LogP contribution in [0.3, 0.4) is 0 Å². The molecule has 1 atom stereocenters. The first-order valence-electron chi connectivity index (χ1n) is 9.71. The summed E-state index contributed by atoms with van der Waals surface area (Å²) in [5, 5.41) is 3.74. The SMILES string of the molecule is NCc1ccc(CNC2CCCc3cccnc32)c(Cc2ccccn2)c1. The van der Waals surface area contributed by atoms with Gasteiger partial charge in [0, 0.05) is 37.6 Å². The number of nitrogens with two attached hydrogens (primary N) is 1. The zero-order chi connectivity index (χ0) is 18.5. The lowest BCUT2D eigenvalue weighted by Gasteiger charge is -2.25. The number of aromatic nitrogens is 2. The topological polar surface area (TPSA) is 63.8 Å². The van der Waals surface area contributed by atoms with Crippen molar-refractivity contribution < 1.29 is 0 Å². The summed E-state index contributed by atoms with van der Waals surface area (Å²) in [7, 11) is 0. The lowest BCUT2D eigenvalue weighted by Crippen LogP contribution is -2.26. The molecule has 0 radical (unpaired) electrons. The molecule has 0 aliphatic heterocycles. The van der Waals surface area contributed by atoms with Crippen LogP contribution in [0.25, 0.3) is 0 Å². The predicted octanol–water partition coefficient (Wildman–Crippen LogP) is 3.69. The molecule has 0 fully saturated rings. The molecule has 0 saturated carbocycles. The number of benzene rings is 1. The van der Waals surface area contributed by atoms with Crippen molar-refractivity contribution in [2.75, 3.05) is 0 Å². The number of hydrogen-bond donors (Lipinski definition) is 2. The highest BCUT2D eigenvalue weighted by atomic mass is 14.9. The van der Waals surface area contributed by atoms with Gasteiger partial charge < -0.3 is 11.1 Å². The minimum absolute atomic E-state index is 0.326. The standard InChI is InChI=1S/C23H26N4/c24-15-17-9-10-19(20(13-17)14-21-7-1-2-11-25-21)16-27-22-8-3-5-18-6-4-12-26-23(18)22/h1-2,4,6-7,9-13,22,27H,3,5,8,14-16,24H2. The fourth-order valence-corrected chi connectivity index (χ4v) is 3.88. The number of hydrogen-bond acceptors (Lipinski definition) is 4. The Bertz CT molecular complexity index is 892.